The predicted molar refractivity (Wildman–Crippen MR) is 92.5 cm³/mol. The first kappa shape index (κ1) is 16.4. The third-order valence-corrected chi connectivity index (χ3v) is 5.11. The second-order valence-electron chi connectivity index (χ2n) is 6.35. The maximum absolute atomic E-state index is 12.5. The molecule has 0 aromatic carbocycles. The van der Waals surface area contributed by atoms with Crippen molar-refractivity contribution in [3.05, 3.63) is 44.9 Å². The van der Waals surface area contributed by atoms with Crippen molar-refractivity contribution in [2.24, 2.45) is 11.8 Å². The molecule has 0 aliphatic carbocycles. The monoisotopic (exact) mass is 330 g/mol. The Morgan fingerprint density at radius 3 is 2.79 bits per heavy atom. The van der Waals surface area contributed by atoms with Crippen LogP contribution in [0.5, 0.6) is 0 Å². The van der Waals surface area contributed by atoms with Crippen LogP contribution in [0.2, 0.25) is 0 Å². The molecule has 2 aromatic rings. The van der Waals surface area contributed by atoms with E-state index in [-0.39, 0.29) is 5.82 Å². The fourth-order valence-corrected chi connectivity index (χ4v) is 3.77. The number of hydrogen-bond acceptors (Lipinski definition) is 5. The Hall–Kier alpha value is -2.44. The first-order chi connectivity index (χ1) is 11.6. The van der Waals surface area contributed by atoms with Gasteiger partial charge < -0.3 is 4.90 Å². The van der Waals surface area contributed by atoms with Gasteiger partial charge >= 0.3 is 11.2 Å². The molecule has 128 valence electrons. The Labute approximate surface area is 140 Å². The van der Waals surface area contributed by atoms with E-state index < -0.39 is 16.2 Å². The van der Waals surface area contributed by atoms with Gasteiger partial charge in [-0.05, 0) is 30.4 Å². The lowest BCUT2D eigenvalue weighted by Gasteiger charge is -2.22. The summed E-state index contributed by atoms with van der Waals surface area (Å²) in [5, 5.41) is 11.5. The summed E-state index contributed by atoms with van der Waals surface area (Å²) in [5.74, 6) is 1.32. The van der Waals surface area contributed by atoms with Crippen molar-refractivity contribution >= 4 is 17.2 Å². The zero-order valence-electron chi connectivity index (χ0n) is 14.0. The van der Waals surface area contributed by atoms with Crippen molar-refractivity contribution < 1.29 is 4.92 Å². The number of hydrogen-bond donors (Lipinski definition) is 0. The van der Waals surface area contributed by atoms with Gasteiger partial charge in [0.15, 0.2) is 0 Å². The van der Waals surface area contributed by atoms with Crippen LogP contribution >= 0.6 is 0 Å². The van der Waals surface area contributed by atoms with Crippen LogP contribution in [0, 0.1) is 22.0 Å². The van der Waals surface area contributed by atoms with Crippen LogP contribution in [0.15, 0.2) is 29.2 Å². The van der Waals surface area contributed by atoms with Gasteiger partial charge in [0.05, 0.1) is 4.92 Å². The van der Waals surface area contributed by atoms with E-state index in [9.17, 15) is 14.9 Å². The molecule has 1 unspecified atom stereocenters. The Kier molecular flexibility index (Phi) is 4.51. The number of aromatic nitrogens is 2. The van der Waals surface area contributed by atoms with E-state index in [1.165, 1.54) is 10.6 Å². The number of rotatable bonds is 5. The van der Waals surface area contributed by atoms with Gasteiger partial charge in [-0.3, -0.25) is 19.3 Å². The molecule has 3 rings (SSSR count). The van der Waals surface area contributed by atoms with Crippen LogP contribution in [-0.4, -0.2) is 27.4 Å². The molecule has 0 spiro atoms. The van der Waals surface area contributed by atoms with Crippen LogP contribution in [-0.2, 0) is 0 Å². The maximum atomic E-state index is 12.5. The molecule has 2 aromatic heterocycles. The number of anilines is 1. The molecule has 1 saturated heterocycles. The second kappa shape index (κ2) is 6.59. The highest BCUT2D eigenvalue weighted by atomic mass is 16.6. The van der Waals surface area contributed by atoms with Gasteiger partial charge in [-0.25, -0.2) is 4.98 Å². The molecule has 0 bridgehead atoms. The third-order valence-electron chi connectivity index (χ3n) is 5.11. The van der Waals surface area contributed by atoms with Crippen molar-refractivity contribution in [3.8, 4) is 0 Å². The van der Waals surface area contributed by atoms with Crippen molar-refractivity contribution in [1.82, 2.24) is 9.38 Å². The highest BCUT2D eigenvalue weighted by Gasteiger charge is 2.34. The minimum atomic E-state index is -0.619. The maximum Gasteiger partial charge on any atom is 0.376 e. The van der Waals surface area contributed by atoms with Crippen molar-refractivity contribution in [3.63, 3.8) is 0 Å². The fourth-order valence-electron chi connectivity index (χ4n) is 3.77. The largest absolute Gasteiger partial charge is 0.376 e. The summed E-state index contributed by atoms with van der Waals surface area (Å²) < 4.78 is 1.23. The molecule has 1 aliphatic rings. The quantitative estimate of drug-likeness (QED) is 0.622. The minimum absolute atomic E-state index is 0.213. The van der Waals surface area contributed by atoms with Gasteiger partial charge in [0.25, 0.3) is 0 Å². The summed E-state index contributed by atoms with van der Waals surface area (Å²) in [6.45, 7) is 5.79. The normalized spacial score (nSPS) is 17.8. The molecular weight excluding hydrogens is 308 g/mol. The average Bonchev–Trinajstić information content (AvgIpc) is 3.05. The van der Waals surface area contributed by atoms with Gasteiger partial charge in [0, 0.05) is 19.3 Å². The van der Waals surface area contributed by atoms with Crippen molar-refractivity contribution in [2.75, 3.05) is 18.0 Å². The fraction of sp³-hybridized carbons (Fsp3) is 0.529. The van der Waals surface area contributed by atoms with Crippen LogP contribution in [0.4, 0.5) is 11.5 Å². The number of pyridine rings is 1. The van der Waals surface area contributed by atoms with E-state index in [1.807, 2.05) is 4.90 Å². The molecule has 0 N–H and O–H groups in total. The molecule has 0 amide bonds. The van der Waals surface area contributed by atoms with Crippen molar-refractivity contribution in [2.45, 2.75) is 33.1 Å². The summed E-state index contributed by atoms with van der Waals surface area (Å²) in [5.41, 5.74) is -0.607. The van der Waals surface area contributed by atoms with Crippen LogP contribution in [0.3, 0.4) is 0 Å². The van der Waals surface area contributed by atoms with Gasteiger partial charge in [0.2, 0.25) is 5.82 Å². The number of nitro groups is 1. The number of fused-ring (bicyclic) bond motifs is 1. The van der Waals surface area contributed by atoms with Gasteiger partial charge in [0.1, 0.15) is 5.65 Å². The SMILES string of the molecule is CCC(CC)C1CCN(c2nc3ccccn3c(=O)c2[N+](=O)[O-])C1. The summed E-state index contributed by atoms with van der Waals surface area (Å²) >= 11 is 0. The predicted octanol–water partition coefficient (Wildman–Crippen LogP) is 2.87. The van der Waals surface area contributed by atoms with Crippen LogP contribution < -0.4 is 10.5 Å². The molecule has 1 aliphatic heterocycles. The van der Waals surface area contributed by atoms with Gasteiger partial charge in [-0.2, -0.15) is 0 Å². The van der Waals surface area contributed by atoms with Crippen LogP contribution in [0.25, 0.3) is 5.65 Å². The van der Waals surface area contributed by atoms with Gasteiger partial charge in [-0.1, -0.05) is 32.8 Å². The van der Waals surface area contributed by atoms with E-state index in [4.69, 9.17) is 0 Å². The minimum Gasteiger partial charge on any atom is -0.350 e. The molecule has 7 heteroatoms. The molecule has 0 radical (unpaired) electrons. The molecule has 7 nitrogen and oxygen atoms in total. The van der Waals surface area contributed by atoms with Gasteiger partial charge in [-0.15, -0.1) is 0 Å². The average molecular weight is 330 g/mol. The second-order valence-corrected chi connectivity index (χ2v) is 6.35. The highest BCUT2D eigenvalue weighted by Crippen LogP contribution is 2.33. The lowest BCUT2D eigenvalue weighted by molar-refractivity contribution is -0.385. The summed E-state index contributed by atoms with van der Waals surface area (Å²) in [7, 11) is 0. The Morgan fingerprint density at radius 2 is 2.12 bits per heavy atom. The smallest absolute Gasteiger partial charge is 0.350 e. The standard InChI is InChI=1S/C17H22N4O3/c1-3-12(4-2)13-8-10-19(11-13)16-15(21(23)24)17(22)20-9-6-5-7-14(20)18-16/h5-7,9,12-13H,3-4,8,10-11H2,1-2H3. The first-order valence-corrected chi connectivity index (χ1v) is 8.47. The zero-order valence-corrected chi connectivity index (χ0v) is 14.0. The third kappa shape index (κ3) is 2.74. The zero-order chi connectivity index (χ0) is 17.3. The highest BCUT2D eigenvalue weighted by molar-refractivity contribution is 5.61. The Bertz CT molecular complexity index is 813. The summed E-state index contributed by atoms with van der Waals surface area (Å²) in [4.78, 5) is 29.8. The lowest BCUT2D eigenvalue weighted by atomic mass is 9.87. The summed E-state index contributed by atoms with van der Waals surface area (Å²) in [6.07, 6.45) is 4.70. The summed E-state index contributed by atoms with van der Waals surface area (Å²) in [6, 6.07) is 5.13. The van der Waals surface area contributed by atoms with E-state index in [1.54, 1.807) is 18.2 Å². The molecular formula is C17H22N4O3. The van der Waals surface area contributed by atoms with E-state index in [2.05, 4.69) is 18.8 Å². The van der Waals surface area contributed by atoms with Crippen molar-refractivity contribution in [1.29, 1.82) is 0 Å². The van der Waals surface area contributed by atoms with Crippen LogP contribution in [0.1, 0.15) is 33.1 Å². The van der Waals surface area contributed by atoms with E-state index in [0.29, 0.717) is 24.0 Å². The molecule has 24 heavy (non-hydrogen) atoms. The number of nitrogens with zero attached hydrogens (tertiary/aromatic N) is 4. The van der Waals surface area contributed by atoms with E-state index >= 15 is 0 Å². The molecule has 1 fully saturated rings. The topological polar surface area (TPSA) is 80.8 Å². The first-order valence-electron chi connectivity index (χ1n) is 8.47. The molecule has 1 atom stereocenters. The Morgan fingerprint density at radius 1 is 1.38 bits per heavy atom. The molecule has 3 heterocycles. The molecule has 0 saturated carbocycles. The Balaban J connectivity index is 2.05. The lowest BCUT2D eigenvalue weighted by Crippen LogP contribution is -2.28. The van der Waals surface area contributed by atoms with E-state index in [0.717, 1.165) is 25.8 Å².